The van der Waals surface area contributed by atoms with Gasteiger partial charge < -0.3 is 14.7 Å². The van der Waals surface area contributed by atoms with E-state index >= 15 is 0 Å². The lowest BCUT2D eigenvalue weighted by Crippen LogP contribution is -2.37. The zero-order valence-electron chi connectivity index (χ0n) is 17.6. The molecule has 1 saturated heterocycles. The number of rotatable bonds is 5. The number of carbonyl (C=O) groups excluding carboxylic acids is 2. The van der Waals surface area contributed by atoms with Gasteiger partial charge in [0, 0.05) is 16.5 Å². The van der Waals surface area contributed by atoms with E-state index in [1.165, 1.54) is 11.3 Å². The van der Waals surface area contributed by atoms with Gasteiger partial charge in [0.1, 0.15) is 17.6 Å². The average molecular weight is 426 g/mol. The quantitative estimate of drug-likeness (QED) is 0.406. The number of ketones is 1. The second kappa shape index (κ2) is 8.26. The summed E-state index contributed by atoms with van der Waals surface area (Å²) in [5, 5.41) is 13.1. The second-order valence-corrected chi connectivity index (χ2v) is 9.25. The van der Waals surface area contributed by atoms with Gasteiger partial charge >= 0.3 is 0 Å². The number of nitrogens with zero attached hydrogens (tertiary/aromatic N) is 1. The van der Waals surface area contributed by atoms with E-state index in [1.807, 2.05) is 32.2 Å². The molecule has 2 fully saturated rings. The Morgan fingerprint density at radius 2 is 1.80 bits per heavy atom. The number of thiophene rings is 1. The van der Waals surface area contributed by atoms with E-state index in [9.17, 15) is 14.7 Å². The van der Waals surface area contributed by atoms with Crippen LogP contribution in [0.25, 0.3) is 5.76 Å². The van der Waals surface area contributed by atoms with Gasteiger partial charge in [0.25, 0.3) is 11.7 Å². The summed E-state index contributed by atoms with van der Waals surface area (Å²) in [6.45, 7) is 5.88. The Labute approximate surface area is 181 Å². The van der Waals surface area contributed by atoms with E-state index in [0.29, 0.717) is 11.3 Å². The van der Waals surface area contributed by atoms with Crippen molar-refractivity contribution in [2.45, 2.75) is 64.6 Å². The zero-order valence-corrected chi connectivity index (χ0v) is 18.4. The molecule has 1 atom stereocenters. The van der Waals surface area contributed by atoms with E-state index in [0.717, 1.165) is 36.1 Å². The summed E-state index contributed by atoms with van der Waals surface area (Å²) in [5.41, 5.74) is 1.73. The van der Waals surface area contributed by atoms with E-state index in [1.54, 1.807) is 29.2 Å². The minimum atomic E-state index is -0.597. The van der Waals surface area contributed by atoms with Crippen molar-refractivity contribution >= 4 is 28.8 Å². The maximum Gasteiger partial charge on any atom is 0.295 e. The van der Waals surface area contributed by atoms with Crippen LogP contribution in [-0.4, -0.2) is 33.8 Å². The number of aryl methyl sites for hydroxylation is 1. The van der Waals surface area contributed by atoms with Crippen molar-refractivity contribution in [2.75, 3.05) is 0 Å². The number of aliphatic hydroxyl groups excluding tert-OH is 1. The van der Waals surface area contributed by atoms with Crippen molar-refractivity contribution in [3.8, 4) is 5.75 Å². The van der Waals surface area contributed by atoms with Gasteiger partial charge in [-0.25, -0.2) is 0 Å². The maximum atomic E-state index is 13.1. The monoisotopic (exact) mass is 425 g/mol. The highest BCUT2D eigenvalue weighted by Gasteiger charge is 2.50. The van der Waals surface area contributed by atoms with Crippen molar-refractivity contribution in [1.29, 1.82) is 0 Å². The summed E-state index contributed by atoms with van der Waals surface area (Å²) in [6, 6.07) is 8.51. The zero-order chi connectivity index (χ0) is 21.4. The van der Waals surface area contributed by atoms with Crippen LogP contribution in [0.4, 0.5) is 0 Å². The van der Waals surface area contributed by atoms with Gasteiger partial charge in [-0.1, -0.05) is 12.8 Å². The maximum absolute atomic E-state index is 13.1. The van der Waals surface area contributed by atoms with Crippen LogP contribution < -0.4 is 4.74 Å². The minimum Gasteiger partial charge on any atom is -0.507 e. The molecule has 1 aromatic heterocycles. The van der Waals surface area contributed by atoms with Gasteiger partial charge in [-0.05, 0) is 74.9 Å². The van der Waals surface area contributed by atoms with Crippen LogP contribution in [0, 0.1) is 6.92 Å². The van der Waals surface area contributed by atoms with E-state index in [2.05, 4.69) is 0 Å². The van der Waals surface area contributed by atoms with Gasteiger partial charge in [0.05, 0.1) is 11.7 Å². The first-order valence-electron chi connectivity index (χ1n) is 10.5. The van der Waals surface area contributed by atoms with Gasteiger partial charge in [-0.3, -0.25) is 9.59 Å². The average Bonchev–Trinajstić information content (AvgIpc) is 3.43. The molecule has 2 aromatic rings. The Hall–Kier alpha value is -2.60. The van der Waals surface area contributed by atoms with E-state index < -0.39 is 17.7 Å². The molecule has 1 unspecified atom stereocenters. The molecule has 1 N–H and O–H groups in total. The highest BCUT2D eigenvalue weighted by atomic mass is 32.1. The molecule has 0 spiro atoms. The van der Waals surface area contributed by atoms with Crippen molar-refractivity contribution in [1.82, 2.24) is 4.90 Å². The first-order chi connectivity index (χ1) is 14.4. The summed E-state index contributed by atoms with van der Waals surface area (Å²) in [6.07, 6.45) is 3.95. The third-order valence-corrected chi connectivity index (χ3v) is 6.92. The Morgan fingerprint density at radius 1 is 1.13 bits per heavy atom. The number of benzene rings is 1. The number of Topliss-reactive ketones (excluding diaryl/α,β-unsaturated/α-hetero) is 1. The fourth-order valence-corrected chi connectivity index (χ4v) is 5.48. The number of hydrogen-bond donors (Lipinski definition) is 1. The molecule has 5 nitrogen and oxygen atoms in total. The molecule has 1 aliphatic heterocycles. The lowest BCUT2D eigenvalue weighted by molar-refractivity contribution is -0.141. The Morgan fingerprint density at radius 3 is 2.37 bits per heavy atom. The fourth-order valence-electron chi connectivity index (χ4n) is 4.45. The van der Waals surface area contributed by atoms with Crippen LogP contribution in [0.2, 0.25) is 0 Å². The first-order valence-corrected chi connectivity index (χ1v) is 11.4. The molecular formula is C24H27NO4S. The molecular weight excluding hydrogens is 398 g/mol. The third kappa shape index (κ3) is 3.65. The Balaban J connectivity index is 1.80. The number of hydrogen-bond acceptors (Lipinski definition) is 5. The predicted octanol–water partition coefficient (Wildman–Crippen LogP) is 5.21. The van der Waals surface area contributed by atoms with Crippen LogP contribution in [-0.2, 0) is 9.59 Å². The highest BCUT2D eigenvalue weighted by Crippen LogP contribution is 2.45. The van der Waals surface area contributed by atoms with Crippen LogP contribution in [0.5, 0.6) is 5.75 Å². The lowest BCUT2D eigenvalue weighted by Gasteiger charge is -2.30. The highest BCUT2D eigenvalue weighted by molar-refractivity contribution is 7.10. The van der Waals surface area contributed by atoms with Crippen molar-refractivity contribution in [2.24, 2.45) is 0 Å². The molecule has 158 valence electrons. The molecule has 6 heteroatoms. The van der Waals surface area contributed by atoms with Crippen molar-refractivity contribution in [3.63, 3.8) is 0 Å². The molecule has 30 heavy (non-hydrogen) atoms. The van der Waals surface area contributed by atoms with Crippen molar-refractivity contribution < 1.29 is 19.4 Å². The standard InChI is InChI=1S/C24H27NO4S/c1-14(2)29-18-10-8-16(9-11-18)21(26)19-20(23-15(3)12-13-30-23)25(24(28)22(19)27)17-6-4-5-7-17/h8-14,17,20,26H,4-7H2,1-3H3/b21-19-. The summed E-state index contributed by atoms with van der Waals surface area (Å²) in [5.74, 6) is -0.526. The second-order valence-electron chi connectivity index (χ2n) is 8.30. The lowest BCUT2D eigenvalue weighted by atomic mass is 9.97. The third-order valence-electron chi connectivity index (χ3n) is 5.85. The number of carbonyl (C=O) groups is 2. The van der Waals surface area contributed by atoms with Crippen molar-refractivity contribution in [3.05, 3.63) is 57.3 Å². The SMILES string of the molecule is Cc1ccsc1C1/C(=C(/O)c2ccc(OC(C)C)cc2)C(=O)C(=O)N1C1CCCC1. The molecule has 0 radical (unpaired) electrons. The summed E-state index contributed by atoms with van der Waals surface area (Å²) in [4.78, 5) is 28.8. The summed E-state index contributed by atoms with van der Waals surface area (Å²) < 4.78 is 5.67. The number of amides is 1. The first kappa shape index (κ1) is 20.7. The molecule has 1 saturated carbocycles. The summed E-state index contributed by atoms with van der Waals surface area (Å²) >= 11 is 1.53. The fraction of sp³-hybridized carbons (Fsp3) is 0.417. The van der Waals surface area contributed by atoms with Crippen LogP contribution in [0.3, 0.4) is 0 Å². The van der Waals surface area contributed by atoms with E-state index in [4.69, 9.17) is 4.74 Å². The molecule has 2 aliphatic rings. The molecule has 2 heterocycles. The van der Waals surface area contributed by atoms with Gasteiger partial charge in [0.2, 0.25) is 0 Å². The largest absolute Gasteiger partial charge is 0.507 e. The smallest absolute Gasteiger partial charge is 0.295 e. The normalized spacial score (nSPS) is 21.7. The summed E-state index contributed by atoms with van der Waals surface area (Å²) in [7, 11) is 0. The number of aliphatic hydroxyl groups is 1. The van der Waals surface area contributed by atoms with Crippen LogP contribution in [0.15, 0.2) is 41.3 Å². The molecule has 1 aromatic carbocycles. The van der Waals surface area contributed by atoms with Crippen LogP contribution >= 0.6 is 11.3 Å². The van der Waals surface area contributed by atoms with Crippen LogP contribution in [0.1, 0.15) is 61.6 Å². The Bertz CT molecular complexity index is 983. The van der Waals surface area contributed by atoms with Gasteiger partial charge in [0.15, 0.2) is 0 Å². The van der Waals surface area contributed by atoms with Gasteiger partial charge in [-0.15, -0.1) is 11.3 Å². The Kier molecular flexibility index (Phi) is 5.69. The minimum absolute atomic E-state index is 0.0417. The molecule has 4 rings (SSSR count). The topological polar surface area (TPSA) is 66.8 Å². The number of likely N-dealkylation sites (tertiary alicyclic amines) is 1. The number of ether oxygens (including phenoxy) is 1. The molecule has 1 aliphatic carbocycles. The molecule has 0 bridgehead atoms. The van der Waals surface area contributed by atoms with Gasteiger partial charge in [-0.2, -0.15) is 0 Å². The molecule has 1 amide bonds. The van der Waals surface area contributed by atoms with E-state index in [-0.39, 0.29) is 23.5 Å². The predicted molar refractivity (Wildman–Crippen MR) is 118 cm³/mol.